The summed E-state index contributed by atoms with van der Waals surface area (Å²) in [6, 6.07) is 7.49. The Bertz CT molecular complexity index is 409. The van der Waals surface area contributed by atoms with E-state index in [1.165, 1.54) is 6.08 Å². The van der Waals surface area contributed by atoms with Crippen molar-refractivity contribution < 1.29 is 18.7 Å². The third kappa shape index (κ3) is 2.96. The minimum Gasteiger partial charge on any atom is -0.454 e. The van der Waals surface area contributed by atoms with Crippen LogP contribution in [0, 0.1) is 0 Å². The van der Waals surface area contributed by atoms with Gasteiger partial charge in [-0.3, -0.25) is 0 Å². The molecule has 0 saturated heterocycles. The predicted octanol–water partition coefficient (Wildman–Crippen LogP) is 2.16. The normalized spacial score (nSPS) is 17.6. The summed E-state index contributed by atoms with van der Waals surface area (Å²) < 4.78 is 22.1. The molecule has 5 heteroatoms. The monoisotopic (exact) mass is 237 g/mol. The lowest BCUT2D eigenvalue weighted by Crippen LogP contribution is -2.31. The van der Waals surface area contributed by atoms with Crippen molar-refractivity contribution in [3.63, 3.8) is 0 Å². The molecule has 2 rings (SSSR count). The zero-order valence-electron chi connectivity index (χ0n) is 9.06. The van der Waals surface area contributed by atoms with Gasteiger partial charge in [-0.25, -0.2) is 9.18 Å². The molecule has 1 aliphatic rings. The van der Waals surface area contributed by atoms with Crippen LogP contribution < -0.4 is 10.1 Å². The first kappa shape index (κ1) is 11.4. The van der Waals surface area contributed by atoms with E-state index >= 15 is 0 Å². The van der Waals surface area contributed by atoms with Crippen molar-refractivity contribution >= 4 is 6.09 Å². The Hall–Kier alpha value is -2.04. The Labute approximate surface area is 98.0 Å². The summed E-state index contributed by atoms with van der Waals surface area (Å²) >= 11 is 0. The second-order valence-corrected chi connectivity index (χ2v) is 3.51. The molecule has 1 amide bonds. The number of para-hydroxylation sites is 1. The molecule has 1 unspecified atom stereocenters. The molecule has 0 aliphatic carbocycles. The first-order valence-corrected chi connectivity index (χ1v) is 5.24. The molecule has 0 radical (unpaired) electrons. The third-order valence-electron chi connectivity index (χ3n) is 2.31. The maximum Gasteiger partial charge on any atom is 0.410 e. The molecule has 1 aromatic rings. The lowest BCUT2D eigenvalue weighted by molar-refractivity contribution is -0.0160. The Morgan fingerprint density at radius 3 is 3.18 bits per heavy atom. The van der Waals surface area contributed by atoms with Crippen LogP contribution in [0.25, 0.3) is 0 Å². The number of alkyl carbamates (subject to hydrolysis) is 1. The molecule has 0 fully saturated rings. The molecule has 1 heterocycles. The first-order chi connectivity index (χ1) is 8.29. The van der Waals surface area contributed by atoms with Crippen LogP contribution in [0.4, 0.5) is 9.18 Å². The predicted molar refractivity (Wildman–Crippen MR) is 59.3 cm³/mol. The van der Waals surface area contributed by atoms with Crippen molar-refractivity contribution in [2.75, 3.05) is 6.54 Å². The summed E-state index contributed by atoms with van der Waals surface area (Å²) in [6.07, 6.45) is 0.832. The molecule has 1 atom stereocenters. The highest BCUT2D eigenvalue weighted by molar-refractivity contribution is 5.67. The summed E-state index contributed by atoms with van der Waals surface area (Å²) in [6.45, 7) is 0.0923. The highest BCUT2D eigenvalue weighted by atomic mass is 19.1. The van der Waals surface area contributed by atoms with Crippen LogP contribution >= 0.6 is 0 Å². The molecule has 90 valence electrons. The molecule has 1 aliphatic heterocycles. The van der Waals surface area contributed by atoms with E-state index in [4.69, 9.17) is 9.47 Å². The number of halogens is 1. The lowest BCUT2D eigenvalue weighted by Gasteiger charge is -2.11. The molecule has 0 saturated carbocycles. The molecule has 4 nitrogen and oxygen atoms in total. The van der Waals surface area contributed by atoms with Gasteiger partial charge in [-0.2, -0.15) is 0 Å². The molecule has 1 aromatic carbocycles. The fourth-order valence-corrected chi connectivity index (χ4v) is 1.56. The van der Waals surface area contributed by atoms with E-state index in [1.54, 1.807) is 0 Å². The van der Waals surface area contributed by atoms with E-state index in [9.17, 15) is 9.18 Å². The van der Waals surface area contributed by atoms with Gasteiger partial charge in [-0.05, 0) is 12.1 Å². The average molecular weight is 237 g/mol. The van der Waals surface area contributed by atoms with E-state index in [0.29, 0.717) is 12.8 Å². The Morgan fingerprint density at radius 1 is 1.59 bits per heavy atom. The summed E-state index contributed by atoms with van der Waals surface area (Å²) in [4.78, 5) is 11.3. The number of nitrogens with one attached hydrogen (secondary N) is 1. The Kier molecular flexibility index (Phi) is 3.59. The van der Waals surface area contributed by atoms with Gasteiger partial charge in [0, 0.05) is 12.1 Å². The summed E-state index contributed by atoms with van der Waals surface area (Å²) in [5, 5.41) is 2.37. The highest BCUT2D eigenvalue weighted by Gasteiger charge is 2.25. The van der Waals surface area contributed by atoms with Gasteiger partial charge in [0.25, 0.3) is 0 Å². The van der Waals surface area contributed by atoms with Crippen molar-refractivity contribution in [1.82, 2.24) is 5.32 Å². The largest absolute Gasteiger partial charge is 0.454 e. The quantitative estimate of drug-likeness (QED) is 0.876. The maximum atomic E-state index is 11.6. The van der Waals surface area contributed by atoms with Crippen LogP contribution in [-0.2, 0) is 11.2 Å². The Morgan fingerprint density at radius 2 is 2.41 bits per heavy atom. The van der Waals surface area contributed by atoms with Gasteiger partial charge < -0.3 is 14.8 Å². The van der Waals surface area contributed by atoms with Gasteiger partial charge in [0.1, 0.15) is 5.75 Å². The molecule has 1 N–H and O–H groups in total. The number of amides is 1. The number of hydrogen-bond donors (Lipinski definition) is 1. The SMILES string of the molecule is O=C(NCC=CF)OC1Cc2ccccc2O1. The number of carbonyl (C=O) groups excluding carboxylic acids is 1. The zero-order chi connectivity index (χ0) is 12.1. The van der Waals surface area contributed by atoms with Crippen molar-refractivity contribution in [1.29, 1.82) is 0 Å². The van der Waals surface area contributed by atoms with Crippen LogP contribution in [0.1, 0.15) is 5.56 Å². The van der Waals surface area contributed by atoms with E-state index in [2.05, 4.69) is 5.32 Å². The third-order valence-corrected chi connectivity index (χ3v) is 2.31. The van der Waals surface area contributed by atoms with Crippen molar-refractivity contribution in [2.45, 2.75) is 12.7 Å². The zero-order valence-corrected chi connectivity index (χ0v) is 9.06. The standard InChI is InChI=1S/C12H12FNO3/c13-6-3-7-14-12(15)17-11-8-9-4-1-2-5-10(9)16-11/h1-6,11H,7-8H2,(H,14,15). The van der Waals surface area contributed by atoms with Gasteiger partial charge in [0.15, 0.2) is 0 Å². The van der Waals surface area contributed by atoms with Crippen molar-refractivity contribution in [3.8, 4) is 5.75 Å². The van der Waals surface area contributed by atoms with Crippen LogP contribution in [0.15, 0.2) is 36.7 Å². The topological polar surface area (TPSA) is 47.6 Å². The number of hydrogen-bond acceptors (Lipinski definition) is 3. The summed E-state index contributed by atoms with van der Waals surface area (Å²) in [5.41, 5.74) is 1.01. The minimum absolute atomic E-state index is 0.0923. The molecular formula is C12H12FNO3. The highest BCUT2D eigenvalue weighted by Crippen LogP contribution is 2.28. The Balaban J connectivity index is 1.81. The molecule has 0 spiro atoms. The smallest absolute Gasteiger partial charge is 0.410 e. The second kappa shape index (κ2) is 5.34. The fourth-order valence-electron chi connectivity index (χ4n) is 1.56. The second-order valence-electron chi connectivity index (χ2n) is 3.51. The number of ether oxygens (including phenoxy) is 2. The molecule has 17 heavy (non-hydrogen) atoms. The number of rotatable bonds is 3. The van der Waals surface area contributed by atoms with Gasteiger partial charge in [0.2, 0.25) is 6.29 Å². The number of benzene rings is 1. The van der Waals surface area contributed by atoms with Gasteiger partial charge in [0.05, 0.1) is 12.8 Å². The van der Waals surface area contributed by atoms with E-state index in [0.717, 1.165) is 11.3 Å². The van der Waals surface area contributed by atoms with Crippen LogP contribution in [0.2, 0.25) is 0 Å². The van der Waals surface area contributed by atoms with Crippen molar-refractivity contribution in [2.24, 2.45) is 0 Å². The van der Waals surface area contributed by atoms with Gasteiger partial charge in [-0.1, -0.05) is 18.2 Å². The molecule has 0 bridgehead atoms. The summed E-state index contributed by atoms with van der Waals surface area (Å²) in [7, 11) is 0. The maximum absolute atomic E-state index is 11.6. The number of fused-ring (bicyclic) bond motifs is 1. The van der Waals surface area contributed by atoms with Crippen LogP contribution in [0.3, 0.4) is 0 Å². The van der Waals surface area contributed by atoms with E-state index < -0.39 is 12.4 Å². The van der Waals surface area contributed by atoms with Crippen LogP contribution in [-0.4, -0.2) is 18.9 Å². The van der Waals surface area contributed by atoms with Crippen molar-refractivity contribution in [3.05, 3.63) is 42.2 Å². The van der Waals surface area contributed by atoms with Gasteiger partial charge in [-0.15, -0.1) is 0 Å². The van der Waals surface area contributed by atoms with E-state index in [1.807, 2.05) is 24.3 Å². The number of carbonyl (C=O) groups is 1. The fraction of sp³-hybridized carbons (Fsp3) is 0.250. The average Bonchev–Trinajstić information content (AvgIpc) is 2.71. The lowest BCUT2D eigenvalue weighted by atomic mass is 10.2. The molecule has 0 aromatic heterocycles. The minimum atomic E-state index is -0.624. The summed E-state index contributed by atoms with van der Waals surface area (Å²) in [5.74, 6) is 0.731. The van der Waals surface area contributed by atoms with Gasteiger partial charge >= 0.3 is 6.09 Å². The van der Waals surface area contributed by atoms with Crippen LogP contribution in [0.5, 0.6) is 5.75 Å². The molecular weight excluding hydrogens is 225 g/mol. The first-order valence-electron chi connectivity index (χ1n) is 5.24. The van der Waals surface area contributed by atoms with E-state index in [-0.39, 0.29) is 6.54 Å².